The van der Waals surface area contributed by atoms with E-state index in [1.165, 1.54) is 0 Å². The molecular formula is C11H6F2O3. The van der Waals surface area contributed by atoms with E-state index in [0.29, 0.717) is 0 Å². The lowest BCUT2D eigenvalue weighted by Gasteiger charge is -1.98. The van der Waals surface area contributed by atoms with Gasteiger partial charge in [0.25, 0.3) is 0 Å². The molecule has 0 atom stereocenters. The number of aldehydes is 1. The lowest BCUT2D eigenvalue weighted by molar-refractivity contribution is -0.133. The molecule has 3 nitrogen and oxygen atoms in total. The molecule has 0 fully saturated rings. The van der Waals surface area contributed by atoms with Crippen LogP contribution in [0.5, 0.6) is 0 Å². The minimum atomic E-state index is -1.09. The van der Waals surface area contributed by atoms with Gasteiger partial charge in [-0.2, -0.15) is 0 Å². The molecule has 0 unspecified atom stereocenters. The van der Waals surface area contributed by atoms with E-state index >= 15 is 0 Å². The van der Waals surface area contributed by atoms with Crippen LogP contribution in [0.4, 0.5) is 8.78 Å². The van der Waals surface area contributed by atoms with Crippen LogP contribution >= 0.6 is 0 Å². The maximum atomic E-state index is 13.4. The summed E-state index contributed by atoms with van der Waals surface area (Å²) in [5, 5.41) is 0. The lowest BCUT2D eigenvalue weighted by atomic mass is 10.1. The third-order valence-corrected chi connectivity index (χ3v) is 1.73. The summed E-state index contributed by atoms with van der Waals surface area (Å²) in [6.07, 6.45) is 0.0496. The number of esters is 1. The summed E-state index contributed by atoms with van der Waals surface area (Å²) in [6, 6.07) is 1.93. The molecule has 0 aliphatic carbocycles. The largest absolute Gasteiger partial charge is 0.459 e. The van der Waals surface area contributed by atoms with Crippen molar-refractivity contribution in [2.24, 2.45) is 0 Å². The summed E-state index contributed by atoms with van der Waals surface area (Å²) < 4.78 is 30.5. The number of ether oxygens (including phenoxy) is 1. The first kappa shape index (κ1) is 11.9. The Morgan fingerprint density at radius 2 is 2.12 bits per heavy atom. The molecule has 82 valence electrons. The number of hydrogen-bond acceptors (Lipinski definition) is 3. The summed E-state index contributed by atoms with van der Waals surface area (Å²) in [5.41, 5.74) is -0.953. The number of methoxy groups -OCH3 is 1. The molecule has 0 saturated carbocycles. The highest BCUT2D eigenvalue weighted by atomic mass is 19.1. The second-order valence-electron chi connectivity index (χ2n) is 2.68. The number of carbonyl (C=O) groups excluding carboxylic acids is 2. The first-order valence-electron chi connectivity index (χ1n) is 4.13. The molecule has 5 heteroatoms. The smallest absolute Gasteiger partial charge is 0.384 e. The fourth-order valence-electron chi connectivity index (χ4n) is 0.943. The molecular weight excluding hydrogens is 218 g/mol. The van der Waals surface area contributed by atoms with Crippen molar-refractivity contribution in [3.8, 4) is 11.8 Å². The van der Waals surface area contributed by atoms with Crippen molar-refractivity contribution in [2.75, 3.05) is 7.11 Å². The summed E-state index contributed by atoms with van der Waals surface area (Å²) in [5.74, 6) is 1.19. The predicted molar refractivity (Wildman–Crippen MR) is 50.6 cm³/mol. The Morgan fingerprint density at radius 1 is 1.44 bits per heavy atom. The topological polar surface area (TPSA) is 43.4 Å². The Morgan fingerprint density at radius 3 is 2.69 bits per heavy atom. The van der Waals surface area contributed by atoms with E-state index in [2.05, 4.69) is 10.7 Å². The van der Waals surface area contributed by atoms with Gasteiger partial charge in [-0.15, -0.1) is 0 Å². The molecule has 0 bridgehead atoms. The van der Waals surface area contributed by atoms with Gasteiger partial charge in [-0.1, -0.05) is 5.92 Å². The zero-order chi connectivity index (χ0) is 12.1. The summed E-state index contributed by atoms with van der Waals surface area (Å²) in [4.78, 5) is 21.0. The third-order valence-electron chi connectivity index (χ3n) is 1.73. The highest BCUT2D eigenvalue weighted by Crippen LogP contribution is 2.14. The van der Waals surface area contributed by atoms with E-state index in [1.807, 2.05) is 5.92 Å². The van der Waals surface area contributed by atoms with Crippen LogP contribution in [0.2, 0.25) is 0 Å². The molecule has 0 aromatic heterocycles. The van der Waals surface area contributed by atoms with Crippen molar-refractivity contribution in [3.05, 3.63) is 34.9 Å². The van der Waals surface area contributed by atoms with Gasteiger partial charge in [0.1, 0.15) is 5.82 Å². The zero-order valence-corrected chi connectivity index (χ0v) is 8.21. The number of benzene rings is 1. The molecule has 0 N–H and O–H groups in total. The molecule has 16 heavy (non-hydrogen) atoms. The van der Waals surface area contributed by atoms with E-state index in [9.17, 15) is 18.4 Å². The van der Waals surface area contributed by atoms with E-state index < -0.39 is 23.2 Å². The van der Waals surface area contributed by atoms with Crippen LogP contribution < -0.4 is 0 Å². The maximum absolute atomic E-state index is 13.4. The van der Waals surface area contributed by atoms with Crippen LogP contribution in [-0.4, -0.2) is 19.4 Å². The van der Waals surface area contributed by atoms with Gasteiger partial charge in [-0.25, -0.2) is 13.6 Å². The Balaban J connectivity index is 3.20. The van der Waals surface area contributed by atoms with Gasteiger partial charge in [-0.3, -0.25) is 4.79 Å². The Kier molecular flexibility index (Phi) is 3.72. The predicted octanol–water partition coefficient (Wildman–Crippen LogP) is 1.30. The number of carbonyl (C=O) groups is 2. The van der Waals surface area contributed by atoms with Crippen LogP contribution in [0.15, 0.2) is 12.1 Å². The number of halogens is 2. The number of rotatable bonds is 1. The van der Waals surface area contributed by atoms with Gasteiger partial charge < -0.3 is 4.74 Å². The van der Waals surface area contributed by atoms with Gasteiger partial charge in [0, 0.05) is 5.92 Å². The van der Waals surface area contributed by atoms with Gasteiger partial charge >= 0.3 is 5.97 Å². The average molecular weight is 224 g/mol. The molecule has 1 rings (SSSR count). The molecule has 1 aromatic carbocycles. The number of hydrogen-bond donors (Lipinski definition) is 0. The molecule has 0 spiro atoms. The van der Waals surface area contributed by atoms with Crippen molar-refractivity contribution in [1.82, 2.24) is 0 Å². The lowest BCUT2D eigenvalue weighted by Crippen LogP contribution is -1.98. The van der Waals surface area contributed by atoms with Crippen LogP contribution in [0.25, 0.3) is 0 Å². The van der Waals surface area contributed by atoms with Gasteiger partial charge in [0.2, 0.25) is 0 Å². The molecule has 0 heterocycles. The fraction of sp³-hybridized carbons (Fsp3) is 0.0909. The highest BCUT2D eigenvalue weighted by molar-refractivity contribution is 5.89. The van der Waals surface area contributed by atoms with Gasteiger partial charge in [-0.05, 0) is 12.1 Å². The average Bonchev–Trinajstić information content (AvgIpc) is 2.28. The second-order valence-corrected chi connectivity index (χ2v) is 2.68. The summed E-state index contributed by atoms with van der Waals surface area (Å²) in [7, 11) is 1.12. The van der Waals surface area contributed by atoms with Crippen LogP contribution in [0.1, 0.15) is 15.9 Å². The van der Waals surface area contributed by atoms with E-state index in [1.54, 1.807) is 0 Å². The molecule has 0 aliphatic heterocycles. The molecule has 0 saturated heterocycles. The van der Waals surface area contributed by atoms with Crippen LogP contribution in [0, 0.1) is 23.5 Å². The van der Waals surface area contributed by atoms with Crippen molar-refractivity contribution >= 4 is 12.3 Å². The summed E-state index contributed by atoms with van der Waals surface area (Å²) >= 11 is 0. The minimum Gasteiger partial charge on any atom is -0.459 e. The standard InChI is InChI=1S/C11H6F2O3/c1-16-10(15)5-3-7-2-4-9(12)8(6-14)11(7)13/h2,4,6H,1H3. The zero-order valence-electron chi connectivity index (χ0n) is 8.21. The minimum absolute atomic E-state index is 0.0496. The second kappa shape index (κ2) is 5.03. The first-order chi connectivity index (χ1) is 7.60. The third kappa shape index (κ3) is 2.42. The quantitative estimate of drug-likeness (QED) is 0.410. The van der Waals surface area contributed by atoms with Crippen LogP contribution in [0.3, 0.4) is 0 Å². The molecule has 0 radical (unpaired) electrons. The SMILES string of the molecule is COC(=O)C#Cc1ccc(F)c(C=O)c1F. The van der Waals surface area contributed by atoms with Gasteiger partial charge in [0.15, 0.2) is 12.1 Å². The molecule has 1 aromatic rings. The monoisotopic (exact) mass is 224 g/mol. The van der Waals surface area contributed by atoms with E-state index in [0.717, 1.165) is 19.2 Å². The normalized spacial score (nSPS) is 8.94. The molecule has 0 amide bonds. The van der Waals surface area contributed by atoms with E-state index in [4.69, 9.17) is 0 Å². The Hall–Kier alpha value is -2.22. The van der Waals surface area contributed by atoms with Crippen molar-refractivity contribution in [1.29, 1.82) is 0 Å². The molecule has 0 aliphatic rings. The highest BCUT2D eigenvalue weighted by Gasteiger charge is 2.11. The Bertz CT molecular complexity index is 498. The van der Waals surface area contributed by atoms with Crippen molar-refractivity contribution in [2.45, 2.75) is 0 Å². The van der Waals surface area contributed by atoms with Crippen LogP contribution in [-0.2, 0) is 9.53 Å². The maximum Gasteiger partial charge on any atom is 0.384 e. The van der Waals surface area contributed by atoms with E-state index in [-0.39, 0.29) is 11.8 Å². The van der Waals surface area contributed by atoms with Gasteiger partial charge in [0.05, 0.1) is 18.2 Å². The Labute approximate surface area is 90.0 Å². The fourth-order valence-corrected chi connectivity index (χ4v) is 0.943. The summed E-state index contributed by atoms with van der Waals surface area (Å²) in [6.45, 7) is 0. The first-order valence-corrected chi connectivity index (χ1v) is 4.13. The van der Waals surface area contributed by atoms with Crippen molar-refractivity contribution in [3.63, 3.8) is 0 Å². The van der Waals surface area contributed by atoms with Crippen molar-refractivity contribution < 1.29 is 23.1 Å².